The van der Waals surface area contributed by atoms with E-state index < -0.39 is 0 Å². The molecule has 3 nitrogen and oxygen atoms in total. The van der Waals surface area contributed by atoms with E-state index in [0.717, 1.165) is 23.1 Å². The van der Waals surface area contributed by atoms with Crippen molar-refractivity contribution in [2.24, 2.45) is 0 Å². The molecule has 2 aromatic rings. The average Bonchev–Trinajstić information content (AvgIpc) is 3.20. The highest BCUT2D eigenvalue weighted by atomic mass is 32.1. The normalized spacial score (nSPS) is 15.0. The molecule has 1 aromatic carbocycles. The molecular formula is C18H22N2OS. The Labute approximate surface area is 137 Å². The molecule has 1 aliphatic rings. The Morgan fingerprint density at radius 2 is 2.00 bits per heavy atom. The highest BCUT2D eigenvalue weighted by Crippen LogP contribution is 2.26. The average molecular weight is 314 g/mol. The zero-order valence-electron chi connectivity index (χ0n) is 12.9. The van der Waals surface area contributed by atoms with Crippen molar-refractivity contribution in [2.45, 2.75) is 45.2 Å². The topological polar surface area (TPSA) is 28.4 Å². The molecule has 1 aromatic heterocycles. The number of anilines is 1. The number of hydrogen-bond donors (Lipinski definition) is 1. The van der Waals surface area contributed by atoms with Crippen LogP contribution in [0.1, 0.15) is 37.0 Å². The number of nitrogens with one attached hydrogen (secondary N) is 1. The van der Waals surface area contributed by atoms with Crippen molar-refractivity contribution in [3.05, 3.63) is 54.0 Å². The van der Waals surface area contributed by atoms with Crippen molar-refractivity contribution < 1.29 is 4.42 Å². The van der Waals surface area contributed by atoms with Gasteiger partial charge in [0.25, 0.3) is 0 Å². The fraction of sp³-hybridized carbons (Fsp3) is 0.389. The molecule has 0 atom stereocenters. The largest absolute Gasteiger partial charge is 0.467 e. The Balaban J connectivity index is 1.75. The van der Waals surface area contributed by atoms with Crippen LogP contribution in [0.4, 0.5) is 5.69 Å². The maximum Gasteiger partial charge on any atom is 0.174 e. The summed E-state index contributed by atoms with van der Waals surface area (Å²) in [5.41, 5.74) is 2.28. The van der Waals surface area contributed by atoms with E-state index in [1.165, 1.54) is 31.2 Å². The van der Waals surface area contributed by atoms with Gasteiger partial charge in [0.2, 0.25) is 0 Å². The molecule has 116 valence electrons. The Morgan fingerprint density at radius 1 is 1.23 bits per heavy atom. The van der Waals surface area contributed by atoms with Gasteiger partial charge >= 0.3 is 0 Å². The van der Waals surface area contributed by atoms with Crippen LogP contribution >= 0.6 is 12.2 Å². The predicted octanol–water partition coefficient (Wildman–Crippen LogP) is 4.73. The minimum Gasteiger partial charge on any atom is -0.467 e. The van der Waals surface area contributed by atoms with Crippen molar-refractivity contribution in [1.29, 1.82) is 0 Å². The van der Waals surface area contributed by atoms with Gasteiger partial charge in [-0.1, -0.05) is 31.0 Å². The SMILES string of the molecule is Cc1ccccc1NC(=S)N(Cc1ccco1)C1CCCC1. The van der Waals surface area contributed by atoms with Gasteiger partial charge in [-0.2, -0.15) is 0 Å². The van der Waals surface area contributed by atoms with Crippen LogP contribution in [-0.2, 0) is 6.54 Å². The Morgan fingerprint density at radius 3 is 2.68 bits per heavy atom. The minimum absolute atomic E-state index is 0.508. The van der Waals surface area contributed by atoms with Crippen LogP contribution in [0.25, 0.3) is 0 Å². The van der Waals surface area contributed by atoms with E-state index in [4.69, 9.17) is 16.6 Å². The van der Waals surface area contributed by atoms with Gasteiger partial charge < -0.3 is 14.6 Å². The first-order valence-corrected chi connectivity index (χ1v) is 8.30. The Hall–Kier alpha value is -1.81. The molecule has 4 heteroatoms. The first-order chi connectivity index (χ1) is 10.7. The number of rotatable bonds is 4. The van der Waals surface area contributed by atoms with Gasteiger partial charge in [-0.05, 0) is 55.7 Å². The highest BCUT2D eigenvalue weighted by molar-refractivity contribution is 7.80. The third-order valence-electron chi connectivity index (χ3n) is 4.32. The first kappa shape index (κ1) is 15.1. The molecule has 1 heterocycles. The van der Waals surface area contributed by atoms with Crippen molar-refractivity contribution in [3.8, 4) is 0 Å². The lowest BCUT2D eigenvalue weighted by atomic mass is 10.2. The van der Waals surface area contributed by atoms with Gasteiger partial charge in [-0.25, -0.2) is 0 Å². The molecule has 0 radical (unpaired) electrons. The van der Waals surface area contributed by atoms with E-state index >= 15 is 0 Å². The van der Waals surface area contributed by atoms with Gasteiger partial charge in [-0.15, -0.1) is 0 Å². The van der Waals surface area contributed by atoms with Crippen LogP contribution in [-0.4, -0.2) is 16.1 Å². The summed E-state index contributed by atoms with van der Waals surface area (Å²) in [4.78, 5) is 2.29. The molecule has 0 aliphatic heterocycles. The number of furan rings is 1. The molecule has 0 saturated heterocycles. The van der Waals surface area contributed by atoms with E-state index in [1.54, 1.807) is 6.26 Å². The summed E-state index contributed by atoms with van der Waals surface area (Å²) in [6.07, 6.45) is 6.70. The minimum atomic E-state index is 0.508. The van der Waals surface area contributed by atoms with Crippen LogP contribution in [0, 0.1) is 6.92 Å². The quantitative estimate of drug-likeness (QED) is 0.826. The number of para-hydroxylation sites is 1. The van der Waals surface area contributed by atoms with Crippen LogP contribution < -0.4 is 5.32 Å². The molecule has 3 rings (SSSR count). The molecule has 1 fully saturated rings. The number of aryl methyl sites for hydroxylation is 1. The second-order valence-electron chi connectivity index (χ2n) is 5.89. The summed E-state index contributed by atoms with van der Waals surface area (Å²) in [6, 6.07) is 12.7. The van der Waals surface area contributed by atoms with Gasteiger partial charge in [0.1, 0.15) is 5.76 Å². The van der Waals surface area contributed by atoms with Crippen LogP contribution in [0.15, 0.2) is 47.1 Å². The molecule has 22 heavy (non-hydrogen) atoms. The number of hydrogen-bond acceptors (Lipinski definition) is 2. The van der Waals surface area contributed by atoms with Gasteiger partial charge in [0.05, 0.1) is 12.8 Å². The maximum atomic E-state index is 5.70. The molecule has 0 amide bonds. The Kier molecular flexibility index (Phi) is 4.78. The zero-order valence-corrected chi connectivity index (χ0v) is 13.7. The zero-order chi connectivity index (χ0) is 15.4. The Bertz CT molecular complexity index is 618. The summed E-state index contributed by atoms with van der Waals surface area (Å²) >= 11 is 5.70. The van der Waals surface area contributed by atoms with Crippen LogP contribution in [0.5, 0.6) is 0 Å². The summed E-state index contributed by atoms with van der Waals surface area (Å²) in [5, 5.41) is 4.20. The van der Waals surface area contributed by atoms with E-state index in [9.17, 15) is 0 Å². The number of benzene rings is 1. The van der Waals surface area contributed by atoms with Crippen molar-refractivity contribution in [1.82, 2.24) is 4.90 Å². The number of thiocarbonyl (C=S) groups is 1. The highest BCUT2D eigenvalue weighted by Gasteiger charge is 2.25. The summed E-state index contributed by atoms with van der Waals surface area (Å²) < 4.78 is 5.52. The van der Waals surface area contributed by atoms with Gasteiger partial charge in [0, 0.05) is 11.7 Å². The van der Waals surface area contributed by atoms with E-state index in [-0.39, 0.29) is 0 Å². The number of nitrogens with zero attached hydrogens (tertiary/aromatic N) is 1. The lowest BCUT2D eigenvalue weighted by Crippen LogP contribution is -2.41. The fourth-order valence-corrected chi connectivity index (χ4v) is 3.38. The van der Waals surface area contributed by atoms with E-state index in [2.05, 4.69) is 29.3 Å². The van der Waals surface area contributed by atoms with Crippen molar-refractivity contribution in [2.75, 3.05) is 5.32 Å². The third kappa shape index (κ3) is 3.50. The molecule has 0 unspecified atom stereocenters. The standard InChI is InChI=1S/C18H22N2OS/c1-14-7-2-5-11-17(14)19-18(22)20(15-8-3-4-9-15)13-16-10-6-12-21-16/h2,5-7,10-12,15H,3-4,8-9,13H2,1H3,(H,19,22). The molecule has 0 bridgehead atoms. The van der Waals surface area contributed by atoms with Crippen molar-refractivity contribution >= 4 is 23.0 Å². The predicted molar refractivity (Wildman–Crippen MR) is 93.9 cm³/mol. The second kappa shape index (κ2) is 6.97. The van der Waals surface area contributed by atoms with E-state index in [1.807, 2.05) is 24.3 Å². The smallest absolute Gasteiger partial charge is 0.174 e. The molecule has 1 saturated carbocycles. The summed E-state index contributed by atoms with van der Waals surface area (Å²) in [6.45, 7) is 2.83. The lowest BCUT2D eigenvalue weighted by molar-refractivity contribution is 0.286. The summed E-state index contributed by atoms with van der Waals surface area (Å²) in [7, 11) is 0. The van der Waals surface area contributed by atoms with Crippen LogP contribution in [0.3, 0.4) is 0 Å². The fourth-order valence-electron chi connectivity index (χ4n) is 3.05. The molecule has 0 spiro atoms. The lowest BCUT2D eigenvalue weighted by Gasteiger charge is -2.31. The monoisotopic (exact) mass is 314 g/mol. The second-order valence-corrected chi connectivity index (χ2v) is 6.28. The molecule has 1 aliphatic carbocycles. The molecular weight excluding hydrogens is 292 g/mol. The van der Waals surface area contributed by atoms with Gasteiger partial charge in [0.15, 0.2) is 5.11 Å². The third-order valence-corrected chi connectivity index (χ3v) is 4.66. The summed E-state index contributed by atoms with van der Waals surface area (Å²) in [5.74, 6) is 0.959. The molecule has 1 N–H and O–H groups in total. The van der Waals surface area contributed by atoms with E-state index in [0.29, 0.717) is 6.04 Å². The first-order valence-electron chi connectivity index (χ1n) is 7.89. The van der Waals surface area contributed by atoms with Crippen molar-refractivity contribution in [3.63, 3.8) is 0 Å². The maximum absolute atomic E-state index is 5.70. The van der Waals surface area contributed by atoms with Gasteiger partial charge in [-0.3, -0.25) is 0 Å². The van der Waals surface area contributed by atoms with Crippen LogP contribution in [0.2, 0.25) is 0 Å².